The van der Waals surface area contributed by atoms with Gasteiger partial charge >= 0.3 is 0 Å². The monoisotopic (exact) mass is 321 g/mol. The number of hydroxylamine groups is 3. The van der Waals surface area contributed by atoms with E-state index in [-0.39, 0.29) is 17.2 Å². The van der Waals surface area contributed by atoms with Crippen LogP contribution >= 0.6 is 0 Å². The van der Waals surface area contributed by atoms with Gasteiger partial charge in [-0.25, -0.2) is 5.21 Å². The first-order valence-corrected chi connectivity index (χ1v) is 8.61. The van der Waals surface area contributed by atoms with Gasteiger partial charge < -0.3 is 10.4 Å². The number of rotatable bonds is 6. The number of aryl methyl sites for hydroxylation is 1. The third-order valence-electron chi connectivity index (χ3n) is 4.83. The lowest BCUT2D eigenvalue weighted by molar-refractivity contribution is -1.12. The molecule has 2 rings (SSSR count). The Morgan fingerprint density at radius 1 is 1.39 bits per heavy atom. The number of likely N-dealkylation sites (tertiary alicyclic amines) is 1. The highest BCUT2D eigenvalue weighted by Crippen LogP contribution is 2.27. The molecular weight excluding hydrogens is 292 g/mol. The number of aliphatic hydroxyl groups excluding tert-OH is 1. The van der Waals surface area contributed by atoms with Gasteiger partial charge in [0.15, 0.2) is 6.04 Å². The second-order valence-corrected chi connectivity index (χ2v) is 6.56. The molecule has 2 atom stereocenters. The van der Waals surface area contributed by atoms with E-state index in [0.29, 0.717) is 30.8 Å². The van der Waals surface area contributed by atoms with E-state index in [1.54, 1.807) is 0 Å². The Hall–Kier alpha value is -1.43. The van der Waals surface area contributed by atoms with E-state index in [9.17, 15) is 15.1 Å². The van der Waals surface area contributed by atoms with Gasteiger partial charge in [0, 0.05) is 17.7 Å². The highest BCUT2D eigenvalue weighted by Gasteiger charge is 2.43. The van der Waals surface area contributed by atoms with Crippen molar-refractivity contribution < 1.29 is 19.8 Å². The summed E-state index contributed by atoms with van der Waals surface area (Å²) in [7, 11) is 0. The van der Waals surface area contributed by atoms with E-state index in [0.717, 1.165) is 31.2 Å². The number of amides is 1. The minimum Gasteiger partial charge on any atom is -0.392 e. The Balaban J connectivity index is 2.18. The van der Waals surface area contributed by atoms with Gasteiger partial charge in [-0.1, -0.05) is 31.5 Å². The average Bonchev–Trinajstić information content (AvgIpc) is 2.55. The summed E-state index contributed by atoms with van der Waals surface area (Å²) < 4.78 is -0.153. The minimum absolute atomic E-state index is 0.114. The van der Waals surface area contributed by atoms with Crippen LogP contribution in [0.25, 0.3) is 0 Å². The number of hydrogen-bond acceptors (Lipinski definition) is 3. The summed E-state index contributed by atoms with van der Waals surface area (Å²) in [6, 6.07) is 5.15. The Morgan fingerprint density at radius 3 is 2.87 bits per heavy atom. The highest BCUT2D eigenvalue weighted by molar-refractivity contribution is 5.95. The Kier molecular flexibility index (Phi) is 6.16. The maximum Gasteiger partial charge on any atom is 0.285 e. The van der Waals surface area contributed by atoms with Crippen LogP contribution in [0.5, 0.6) is 0 Å². The van der Waals surface area contributed by atoms with E-state index in [2.05, 4.69) is 12.2 Å². The number of nitrogens with one attached hydrogen (secondary N) is 1. The fourth-order valence-corrected chi connectivity index (χ4v) is 3.41. The van der Waals surface area contributed by atoms with E-state index in [1.165, 1.54) is 0 Å². The molecule has 0 aliphatic carbocycles. The maximum atomic E-state index is 12.8. The number of nitrogens with zero attached hydrogens (tertiary/aromatic N) is 1. The van der Waals surface area contributed by atoms with Crippen LogP contribution in [0.1, 0.15) is 50.2 Å². The molecule has 1 heterocycles. The number of unbranched alkanes of at least 4 members (excludes halogenated alkanes) is 1. The van der Waals surface area contributed by atoms with E-state index < -0.39 is 6.04 Å². The van der Waals surface area contributed by atoms with Crippen molar-refractivity contribution in [1.82, 2.24) is 0 Å². The first-order valence-electron chi connectivity index (χ1n) is 8.61. The molecule has 1 aromatic carbocycles. The standard InChI is InChI=1S/C18H28N2O3/c1-3-4-11-20(23)12-6-5-10-16(20)18(22)19-17-14(2)8-7-9-15(17)13-21/h7-9,16,21,23H,3-6,10-13H2,1-2H3/p+1. The molecule has 1 saturated heterocycles. The summed E-state index contributed by atoms with van der Waals surface area (Å²) in [6.07, 6.45) is 4.53. The van der Waals surface area contributed by atoms with Crippen molar-refractivity contribution in [1.29, 1.82) is 0 Å². The predicted molar refractivity (Wildman–Crippen MR) is 90.1 cm³/mol. The zero-order chi connectivity index (χ0) is 16.9. The lowest BCUT2D eigenvalue weighted by atomic mass is 9.99. The normalized spacial score (nSPS) is 24.4. The lowest BCUT2D eigenvalue weighted by Gasteiger charge is -2.39. The first-order chi connectivity index (χ1) is 11.0. The number of para-hydroxylation sites is 1. The van der Waals surface area contributed by atoms with Crippen LogP contribution in [-0.2, 0) is 11.4 Å². The summed E-state index contributed by atoms with van der Waals surface area (Å²) >= 11 is 0. The van der Waals surface area contributed by atoms with Crippen LogP contribution in [0.4, 0.5) is 5.69 Å². The van der Waals surface area contributed by atoms with Gasteiger partial charge in [0.05, 0.1) is 6.61 Å². The third kappa shape index (κ3) is 4.10. The molecule has 0 saturated carbocycles. The molecule has 3 N–H and O–H groups in total. The molecule has 0 spiro atoms. The van der Waals surface area contributed by atoms with Crippen molar-refractivity contribution in [3.63, 3.8) is 0 Å². The van der Waals surface area contributed by atoms with E-state index in [1.807, 2.05) is 25.1 Å². The summed E-state index contributed by atoms with van der Waals surface area (Å²) in [5, 5.41) is 23.4. The third-order valence-corrected chi connectivity index (χ3v) is 4.83. The Morgan fingerprint density at radius 2 is 2.17 bits per heavy atom. The fraction of sp³-hybridized carbons (Fsp3) is 0.611. The topological polar surface area (TPSA) is 69.6 Å². The van der Waals surface area contributed by atoms with Crippen LogP contribution in [0.2, 0.25) is 0 Å². The molecule has 5 heteroatoms. The summed E-state index contributed by atoms with van der Waals surface area (Å²) in [5.74, 6) is -0.146. The van der Waals surface area contributed by atoms with Crippen LogP contribution in [0.3, 0.4) is 0 Å². The van der Waals surface area contributed by atoms with Crippen LogP contribution < -0.4 is 5.32 Å². The van der Waals surface area contributed by atoms with Crippen LogP contribution in [0, 0.1) is 6.92 Å². The van der Waals surface area contributed by atoms with Gasteiger partial charge in [0.2, 0.25) is 0 Å². The summed E-state index contributed by atoms with van der Waals surface area (Å²) in [4.78, 5) is 12.8. The van der Waals surface area contributed by atoms with Crippen molar-refractivity contribution >= 4 is 11.6 Å². The molecule has 1 fully saturated rings. The molecule has 1 aromatic rings. The van der Waals surface area contributed by atoms with Gasteiger partial charge in [-0.15, -0.1) is 0 Å². The number of aliphatic hydroxyl groups is 1. The van der Waals surface area contributed by atoms with Crippen LogP contribution in [-0.4, -0.2) is 40.0 Å². The van der Waals surface area contributed by atoms with Crippen LogP contribution in [0.15, 0.2) is 18.2 Å². The molecule has 128 valence electrons. The molecular formula is C18H29N2O3+. The van der Waals surface area contributed by atoms with E-state index in [4.69, 9.17) is 0 Å². The van der Waals surface area contributed by atoms with Gasteiger partial charge in [-0.05, 0) is 31.7 Å². The van der Waals surface area contributed by atoms with Gasteiger partial charge in [-0.2, -0.15) is 4.65 Å². The van der Waals surface area contributed by atoms with Gasteiger partial charge in [0.1, 0.15) is 13.1 Å². The number of hydrogen-bond donors (Lipinski definition) is 3. The summed E-state index contributed by atoms with van der Waals surface area (Å²) in [6.45, 7) is 5.14. The first kappa shape index (κ1) is 17.9. The lowest BCUT2D eigenvalue weighted by Crippen LogP contribution is -2.60. The molecule has 2 unspecified atom stereocenters. The van der Waals surface area contributed by atoms with Gasteiger partial charge in [-0.3, -0.25) is 4.79 Å². The number of carbonyl (C=O) groups excluding carboxylic acids is 1. The fourth-order valence-electron chi connectivity index (χ4n) is 3.41. The predicted octanol–water partition coefficient (Wildman–Crippen LogP) is 2.98. The zero-order valence-corrected chi connectivity index (χ0v) is 14.2. The number of benzene rings is 1. The zero-order valence-electron chi connectivity index (χ0n) is 14.2. The Labute approximate surface area is 138 Å². The SMILES string of the molecule is CCCC[N+]1(O)CCCCC1C(=O)Nc1c(C)cccc1CO. The average molecular weight is 321 g/mol. The summed E-state index contributed by atoms with van der Waals surface area (Å²) in [5.41, 5.74) is 2.30. The molecule has 23 heavy (non-hydrogen) atoms. The van der Waals surface area contributed by atoms with Gasteiger partial charge in [0.25, 0.3) is 5.91 Å². The molecule has 1 amide bonds. The minimum atomic E-state index is -0.429. The number of anilines is 1. The van der Waals surface area contributed by atoms with Crippen molar-refractivity contribution in [2.45, 2.75) is 58.6 Å². The molecule has 0 aromatic heterocycles. The number of piperidine rings is 1. The molecule has 1 aliphatic rings. The molecule has 5 nitrogen and oxygen atoms in total. The largest absolute Gasteiger partial charge is 0.392 e. The Bertz CT molecular complexity index is 547. The van der Waals surface area contributed by atoms with Crippen molar-refractivity contribution in [2.75, 3.05) is 18.4 Å². The van der Waals surface area contributed by atoms with E-state index >= 15 is 0 Å². The highest BCUT2D eigenvalue weighted by atomic mass is 16.5. The smallest absolute Gasteiger partial charge is 0.285 e. The molecule has 0 radical (unpaired) electrons. The van der Waals surface area contributed by atoms with Crippen molar-refractivity contribution in [3.8, 4) is 0 Å². The quantitative estimate of drug-likeness (QED) is 0.706. The number of quaternary nitrogens is 1. The second-order valence-electron chi connectivity index (χ2n) is 6.56. The molecule has 0 bridgehead atoms. The van der Waals surface area contributed by atoms with Crippen molar-refractivity contribution in [3.05, 3.63) is 29.3 Å². The second kappa shape index (κ2) is 7.90. The van der Waals surface area contributed by atoms with Crippen molar-refractivity contribution in [2.24, 2.45) is 0 Å². The maximum absolute atomic E-state index is 12.8. The molecule has 1 aliphatic heterocycles. The number of carbonyl (C=O) groups is 1.